The van der Waals surface area contributed by atoms with Crippen molar-refractivity contribution in [3.8, 4) is 11.1 Å². The van der Waals surface area contributed by atoms with E-state index in [0.29, 0.717) is 12.0 Å². The van der Waals surface area contributed by atoms with E-state index in [2.05, 4.69) is 79.0 Å². The van der Waals surface area contributed by atoms with Crippen LogP contribution in [0.2, 0.25) is 5.02 Å². The Morgan fingerprint density at radius 3 is 2.00 bits per heavy atom. The van der Waals surface area contributed by atoms with Gasteiger partial charge in [-0.15, -0.1) is 0 Å². The van der Waals surface area contributed by atoms with Crippen LogP contribution < -0.4 is 5.32 Å². The summed E-state index contributed by atoms with van der Waals surface area (Å²) in [7, 11) is 2.03. The van der Waals surface area contributed by atoms with Crippen molar-refractivity contribution >= 4 is 11.6 Å². The zero-order valence-electron chi connectivity index (χ0n) is 14.7. The lowest BCUT2D eigenvalue weighted by Gasteiger charge is -2.25. The van der Waals surface area contributed by atoms with Crippen LogP contribution in [0.1, 0.15) is 24.0 Å². The second-order valence-corrected chi connectivity index (χ2v) is 6.94. The molecule has 1 nitrogen and oxygen atoms in total. The molecule has 3 aromatic rings. The first-order valence-electron chi connectivity index (χ1n) is 8.74. The minimum Gasteiger partial charge on any atom is -0.317 e. The molecule has 0 heterocycles. The van der Waals surface area contributed by atoms with Crippen LogP contribution in [0, 0.1) is 0 Å². The maximum Gasteiger partial charge on any atom is 0.0406 e. The van der Waals surface area contributed by atoms with Gasteiger partial charge < -0.3 is 5.32 Å². The Morgan fingerprint density at radius 1 is 0.800 bits per heavy atom. The SMILES string of the molecule is CNC(C)C(Cc1ccc(Cl)cc1)c1ccc(-c2ccccc2)cc1. The smallest absolute Gasteiger partial charge is 0.0406 e. The molecule has 3 rings (SSSR count). The van der Waals surface area contributed by atoms with Gasteiger partial charge in [-0.25, -0.2) is 0 Å². The number of benzene rings is 3. The Balaban J connectivity index is 1.84. The third kappa shape index (κ3) is 4.50. The molecule has 0 bridgehead atoms. The Kier molecular flexibility index (Phi) is 5.91. The van der Waals surface area contributed by atoms with Gasteiger partial charge in [-0.1, -0.05) is 78.3 Å². The monoisotopic (exact) mass is 349 g/mol. The van der Waals surface area contributed by atoms with E-state index in [1.165, 1.54) is 22.3 Å². The van der Waals surface area contributed by atoms with Crippen LogP contribution in [0.5, 0.6) is 0 Å². The average Bonchev–Trinajstić information content (AvgIpc) is 2.68. The molecule has 0 fully saturated rings. The Bertz CT molecular complexity index is 779. The van der Waals surface area contributed by atoms with Crippen molar-refractivity contribution in [3.05, 3.63) is 95.0 Å². The quantitative estimate of drug-likeness (QED) is 0.580. The van der Waals surface area contributed by atoms with Gasteiger partial charge in [0.2, 0.25) is 0 Å². The fourth-order valence-corrected chi connectivity index (χ4v) is 3.34. The van der Waals surface area contributed by atoms with Gasteiger partial charge in [0.1, 0.15) is 0 Å². The predicted molar refractivity (Wildman–Crippen MR) is 108 cm³/mol. The average molecular weight is 350 g/mol. The fourth-order valence-electron chi connectivity index (χ4n) is 3.21. The summed E-state index contributed by atoms with van der Waals surface area (Å²) in [6.45, 7) is 2.24. The van der Waals surface area contributed by atoms with Gasteiger partial charge in [-0.2, -0.15) is 0 Å². The van der Waals surface area contributed by atoms with Gasteiger partial charge in [-0.05, 0) is 54.8 Å². The molecule has 0 spiro atoms. The van der Waals surface area contributed by atoms with Crippen molar-refractivity contribution in [2.75, 3.05) is 7.05 Å². The number of hydrogen-bond donors (Lipinski definition) is 1. The summed E-state index contributed by atoms with van der Waals surface area (Å²) in [6, 6.07) is 28.0. The maximum absolute atomic E-state index is 6.02. The van der Waals surface area contributed by atoms with E-state index in [4.69, 9.17) is 11.6 Å². The molecule has 25 heavy (non-hydrogen) atoms. The molecule has 2 atom stereocenters. The minimum absolute atomic E-state index is 0.387. The molecule has 0 amide bonds. The zero-order valence-corrected chi connectivity index (χ0v) is 15.5. The molecular formula is C23H24ClN. The zero-order chi connectivity index (χ0) is 17.6. The van der Waals surface area contributed by atoms with Crippen LogP contribution in [-0.2, 0) is 6.42 Å². The molecule has 0 saturated carbocycles. The summed E-state index contributed by atoms with van der Waals surface area (Å²) >= 11 is 6.02. The van der Waals surface area contributed by atoms with Crippen LogP contribution in [0.15, 0.2) is 78.9 Å². The van der Waals surface area contributed by atoms with E-state index in [9.17, 15) is 0 Å². The summed E-state index contributed by atoms with van der Waals surface area (Å²) in [5.74, 6) is 0.413. The maximum atomic E-state index is 6.02. The topological polar surface area (TPSA) is 12.0 Å². The molecule has 1 N–H and O–H groups in total. The Morgan fingerprint density at radius 2 is 1.40 bits per heavy atom. The van der Waals surface area contributed by atoms with Crippen molar-refractivity contribution in [3.63, 3.8) is 0 Å². The van der Waals surface area contributed by atoms with Gasteiger partial charge in [0, 0.05) is 17.0 Å². The first-order chi connectivity index (χ1) is 12.2. The van der Waals surface area contributed by atoms with Crippen LogP contribution in [0.25, 0.3) is 11.1 Å². The summed E-state index contributed by atoms with van der Waals surface area (Å²) in [5, 5.41) is 4.20. The summed E-state index contributed by atoms with van der Waals surface area (Å²) in [4.78, 5) is 0. The molecule has 0 aliphatic rings. The third-order valence-corrected chi connectivity index (χ3v) is 5.13. The van der Waals surface area contributed by atoms with Crippen molar-refractivity contribution in [2.24, 2.45) is 0 Å². The lowest BCUT2D eigenvalue weighted by atomic mass is 9.86. The lowest BCUT2D eigenvalue weighted by molar-refractivity contribution is 0.491. The molecule has 2 heteroatoms. The molecule has 128 valence electrons. The number of hydrogen-bond acceptors (Lipinski definition) is 1. The third-order valence-electron chi connectivity index (χ3n) is 4.87. The highest BCUT2D eigenvalue weighted by molar-refractivity contribution is 6.30. The van der Waals surface area contributed by atoms with Crippen molar-refractivity contribution in [1.29, 1.82) is 0 Å². The van der Waals surface area contributed by atoms with E-state index in [-0.39, 0.29) is 0 Å². The van der Waals surface area contributed by atoms with Crippen molar-refractivity contribution < 1.29 is 0 Å². The van der Waals surface area contributed by atoms with E-state index >= 15 is 0 Å². The second kappa shape index (κ2) is 8.33. The summed E-state index contributed by atoms with van der Waals surface area (Å²) < 4.78 is 0. The summed E-state index contributed by atoms with van der Waals surface area (Å²) in [6.07, 6.45) is 0.990. The molecular weight excluding hydrogens is 326 g/mol. The highest BCUT2D eigenvalue weighted by atomic mass is 35.5. The molecule has 0 aromatic heterocycles. The van der Waals surface area contributed by atoms with Crippen LogP contribution in [0.3, 0.4) is 0 Å². The first kappa shape index (κ1) is 17.7. The van der Waals surface area contributed by atoms with Gasteiger partial charge in [0.05, 0.1) is 0 Å². The number of rotatable bonds is 6. The van der Waals surface area contributed by atoms with Gasteiger partial charge in [-0.3, -0.25) is 0 Å². The highest BCUT2D eigenvalue weighted by Gasteiger charge is 2.18. The second-order valence-electron chi connectivity index (χ2n) is 6.50. The largest absolute Gasteiger partial charge is 0.317 e. The van der Waals surface area contributed by atoms with E-state index in [1.54, 1.807) is 0 Å². The molecule has 0 radical (unpaired) electrons. The van der Waals surface area contributed by atoms with Gasteiger partial charge in [0.25, 0.3) is 0 Å². The van der Waals surface area contributed by atoms with Gasteiger partial charge >= 0.3 is 0 Å². The van der Waals surface area contributed by atoms with Gasteiger partial charge in [0.15, 0.2) is 0 Å². The molecule has 2 unspecified atom stereocenters. The number of likely N-dealkylation sites (N-methyl/N-ethyl adjacent to an activating group) is 1. The van der Waals surface area contributed by atoms with E-state index < -0.39 is 0 Å². The Labute approximate surface area is 155 Å². The Hall–Kier alpha value is -2.09. The number of nitrogens with one attached hydrogen (secondary N) is 1. The number of halogens is 1. The molecule has 0 saturated heterocycles. The van der Waals surface area contributed by atoms with E-state index in [0.717, 1.165) is 11.4 Å². The van der Waals surface area contributed by atoms with Crippen molar-refractivity contribution in [1.82, 2.24) is 5.32 Å². The highest BCUT2D eigenvalue weighted by Crippen LogP contribution is 2.28. The van der Waals surface area contributed by atoms with Crippen LogP contribution in [-0.4, -0.2) is 13.1 Å². The summed E-state index contributed by atoms with van der Waals surface area (Å²) in [5.41, 5.74) is 5.18. The van der Waals surface area contributed by atoms with Crippen molar-refractivity contribution in [2.45, 2.75) is 25.3 Å². The molecule has 3 aromatic carbocycles. The normalized spacial score (nSPS) is 13.4. The minimum atomic E-state index is 0.387. The molecule has 0 aliphatic heterocycles. The standard InChI is InChI=1S/C23H24ClN/c1-17(25-2)23(16-18-8-14-22(24)15-9-18)21-12-10-20(11-13-21)19-6-4-3-5-7-19/h3-15,17,23,25H,16H2,1-2H3. The lowest BCUT2D eigenvalue weighted by Crippen LogP contribution is -2.30. The van der Waals surface area contributed by atoms with E-state index in [1.807, 2.05) is 19.2 Å². The molecule has 0 aliphatic carbocycles. The predicted octanol–water partition coefficient (Wildman–Crippen LogP) is 5.94. The van der Waals surface area contributed by atoms with Crippen LogP contribution >= 0.6 is 11.6 Å². The first-order valence-corrected chi connectivity index (χ1v) is 9.12. The van der Waals surface area contributed by atoms with Crippen LogP contribution in [0.4, 0.5) is 0 Å². The fraction of sp³-hybridized carbons (Fsp3) is 0.217.